The molecule has 1 saturated heterocycles. The topological polar surface area (TPSA) is 60.5 Å². The summed E-state index contributed by atoms with van der Waals surface area (Å²) in [6, 6.07) is 11.2. The lowest BCUT2D eigenvalue weighted by Gasteiger charge is -2.21. The summed E-state index contributed by atoms with van der Waals surface area (Å²) in [5, 5.41) is 1.00. The SMILES string of the molecule is O=C(NOC1CCCCO1)c1ccc2ccccc2n1. The lowest BCUT2D eigenvalue weighted by molar-refractivity contribution is -0.186. The van der Waals surface area contributed by atoms with E-state index in [1.807, 2.05) is 30.3 Å². The third-order valence-corrected chi connectivity index (χ3v) is 3.25. The van der Waals surface area contributed by atoms with Gasteiger partial charge in [0.25, 0.3) is 5.91 Å². The smallest absolute Gasteiger partial charge is 0.293 e. The van der Waals surface area contributed by atoms with Gasteiger partial charge >= 0.3 is 0 Å². The fraction of sp³-hybridized carbons (Fsp3) is 0.333. The van der Waals surface area contributed by atoms with Crippen LogP contribution in [0.5, 0.6) is 0 Å². The number of benzene rings is 1. The van der Waals surface area contributed by atoms with Gasteiger partial charge in [-0.2, -0.15) is 0 Å². The van der Waals surface area contributed by atoms with Gasteiger partial charge in [0, 0.05) is 18.4 Å². The zero-order valence-corrected chi connectivity index (χ0v) is 11.0. The summed E-state index contributed by atoms with van der Waals surface area (Å²) in [6.45, 7) is 0.675. The number of hydrogen-bond donors (Lipinski definition) is 1. The molecule has 5 heteroatoms. The standard InChI is InChI=1S/C15H16N2O3/c18-15(17-20-14-7-3-4-10-19-14)13-9-8-11-5-1-2-6-12(11)16-13/h1-2,5-6,8-9,14H,3-4,7,10H2,(H,17,18). The first-order valence-electron chi connectivity index (χ1n) is 6.76. The molecule has 0 radical (unpaired) electrons. The molecule has 1 fully saturated rings. The second kappa shape index (κ2) is 5.98. The van der Waals surface area contributed by atoms with Crippen LogP contribution in [0.3, 0.4) is 0 Å². The minimum absolute atomic E-state index is 0.333. The molecule has 0 saturated carbocycles. The third-order valence-electron chi connectivity index (χ3n) is 3.25. The Balaban J connectivity index is 1.65. The van der Waals surface area contributed by atoms with Crippen molar-refractivity contribution in [3.63, 3.8) is 0 Å². The van der Waals surface area contributed by atoms with Crippen molar-refractivity contribution in [1.82, 2.24) is 10.5 Å². The normalized spacial score (nSPS) is 18.9. The molecular weight excluding hydrogens is 256 g/mol. The van der Waals surface area contributed by atoms with Crippen molar-refractivity contribution in [2.24, 2.45) is 0 Å². The molecule has 0 bridgehead atoms. The van der Waals surface area contributed by atoms with Crippen LogP contribution in [0.25, 0.3) is 10.9 Å². The van der Waals surface area contributed by atoms with Crippen LogP contribution in [0.1, 0.15) is 29.8 Å². The Labute approximate surface area is 116 Å². The maximum absolute atomic E-state index is 12.0. The predicted molar refractivity (Wildman–Crippen MR) is 73.9 cm³/mol. The Morgan fingerprint density at radius 1 is 1.25 bits per heavy atom. The van der Waals surface area contributed by atoms with Crippen molar-refractivity contribution in [3.8, 4) is 0 Å². The van der Waals surface area contributed by atoms with Gasteiger partial charge in [0.2, 0.25) is 0 Å². The van der Waals surface area contributed by atoms with E-state index in [0.29, 0.717) is 12.3 Å². The summed E-state index contributed by atoms with van der Waals surface area (Å²) in [5.74, 6) is -0.357. The fourth-order valence-corrected chi connectivity index (χ4v) is 2.17. The highest BCUT2D eigenvalue weighted by atomic mass is 16.8. The van der Waals surface area contributed by atoms with E-state index in [0.717, 1.165) is 30.2 Å². The van der Waals surface area contributed by atoms with Gasteiger partial charge in [-0.25, -0.2) is 15.3 Å². The zero-order valence-electron chi connectivity index (χ0n) is 11.0. The Morgan fingerprint density at radius 3 is 3.00 bits per heavy atom. The van der Waals surface area contributed by atoms with Crippen LogP contribution in [0.15, 0.2) is 36.4 Å². The molecule has 1 aromatic carbocycles. The molecule has 2 aromatic rings. The van der Waals surface area contributed by atoms with Crippen LogP contribution >= 0.6 is 0 Å². The minimum atomic E-state index is -0.357. The van der Waals surface area contributed by atoms with E-state index in [2.05, 4.69) is 10.5 Å². The van der Waals surface area contributed by atoms with Crippen LogP contribution in [0, 0.1) is 0 Å². The molecule has 104 valence electrons. The summed E-state index contributed by atoms with van der Waals surface area (Å²) in [7, 11) is 0. The number of hydrogen-bond acceptors (Lipinski definition) is 4. The van der Waals surface area contributed by atoms with Gasteiger partial charge in [-0.05, 0) is 25.0 Å². The van der Waals surface area contributed by atoms with E-state index in [4.69, 9.17) is 9.57 Å². The summed E-state index contributed by atoms with van der Waals surface area (Å²) in [5.41, 5.74) is 3.53. The van der Waals surface area contributed by atoms with Crippen LogP contribution in [0.4, 0.5) is 0 Å². The Bertz CT molecular complexity index is 609. The highest BCUT2D eigenvalue weighted by molar-refractivity contribution is 5.94. The molecule has 1 aliphatic heterocycles. The Morgan fingerprint density at radius 2 is 2.15 bits per heavy atom. The molecule has 1 aliphatic rings. The first-order chi connectivity index (χ1) is 9.83. The molecule has 2 heterocycles. The molecule has 0 spiro atoms. The van der Waals surface area contributed by atoms with Gasteiger partial charge < -0.3 is 4.74 Å². The number of hydroxylamine groups is 1. The Hall–Kier alpha value is -1.98. The van der Waals surface area contributed by atoms with Gasteiger partial charge in [-0.1, -0.05) is 24.3 Å². The van der Waals surface area contributed by atoms with E-state index >= 15 is 0 Å². The molecular formula is C15H16N2O3. The number of aromatic nitrogens is 1. The molecule has 1 amide bonds. The number of nitrogens with zero attached hydrogens (tertiary/aromatic N) is 1. The number of fused-ring (bicyclic) bond motifs is 1. The first kappa shape index (κ1) is 13.0. The van der Waals surface area contributed by atoms with Gasteiger partial charge in [-0.15, -0.1) is 0 Å². The van der Waals surface area contributed by atoms with Gasteiger partial charge in [0.05, 0.1) is 5.52 Å². The van der Waals surface area contributed by atoms with E-state index in [-0.39, 0.29) is 12.2 Å². The lowest BCUT2D eigenvalue weighted by atomic mass is 10.2. The monoisotopic (exact) mass is 272 g/mol. The van der Waals surface area contributed by atoms with Crippen molar-refractivity contribution in [1.29, 1.82) is 0 Å². The molecule has 3 rings (SSSR count). The van der Waals surface area contributed by atoms with E-state index in [1.54, 1.807) is 6.07 Å². The van der Waals surface area contributed by atoms with Crippen molar-refractivity contribution in [3.05, 3.63) is 42.1 Å². The molecule has 20 heavy (non-hydrogen) atoms. The van der Waals surface area contributed by atoms with Crippen LogP contribution in [-0.2, 0) is 9.57 Å². The van der Waals surface area contributed by atoms with Crippen molar-refractivity contribution < 1.29 is 14.4 Å². The summed E-state index contributed by atoms with van der Waals surface area (Å²) in [6.07, 6.45) is 2.54. The second-order valence-electron chi connectivity index (χ2n) is 4.73. The largest absolute Gasteiger partial charge is 0.350 e. The fourth-order valence-electron chi connectivity index (χ4n) is 2.17. The summed E-state index contributed by atoms with van der Waals surface area (Å²) >= 11 is 0. The zero-order chi connectivity index (χ0) is 13.8. The predicted octanol–water partition coefficient (Wildman–Crippen LogP) is 2.42. The number of pyridine rings is 1. The number of carbonyl (C=O) groups is 1. The number of rotatable bonds is 3. The minimum Gasteiger partial charge on any atom is -0.350 e. The van der Waals surface area contributed by atoms with Gasteiger partial charge in [0.1, 0.15) is 5.69 Å². The highest BCUT2D eigenvalue weighted by Gasteiger charge is 2.16. The quantitative estimate of drug-likeness (QED) is 0.872. The average molecular weight is 272 g/mol. The van der Waals surface area contributed by atoms with Crippen molar-refractivity contribution in [2.75, 3.05) is 6.61 Å². The molecule has 1 aromatic heterocycles. The molecule has 1 N–H and O–H groups in total. The van der Waals surface area contributed by atoms with Crippen LogP contribution in [-0.4, -0.2) is 23.8 Å². The maximum atomic E-state index is 12.0. The number of carbonyl (C=O) groups excluding carboxylic acids is 1. The number of amides is 1. The second-order valence-corrected chi connectivity index (χ2v) is 4.73. The molecule has 1 atom stereocenters. The maximum Gasteiger partial charge on any atom is 0.293 e. The summed E-state index contributed by atoms with van der Waals surface area (Å²) in [4.78, 5) is 21.5. The molecule has 1 unspecified atom stereocenters. The lowest BCUT2D eigenvalue weighted by Crippen LogP contribution is -2.33. The third kappa shape index (κ3) is 2.95. The number of nitrogens with one attached hydrogen (secondary N) is 1. The van der Waals surface area contributed by atoms with Crippen LogP contribution < -0.4 is 5.48 Å². The van der Waals surface area contributed by atoms with Crippen molar-refractivity contribution >= 4 is 16.8 Å². The van der Waals surface area contributed by atoms with E-state index in [9.17, 15) is 4.79 Å². The first-order valence-corrected chi connectivity index (χ1v) is 6.76. The van der Waals surface area contributed by atoms with E-state index in [1.165, 1.54) is 0 Å². The molecule has 0 aliphatic carbocycles. The van der Waals surface area contributed by atoms with E-state index < -0.39 is 0 Å². The Kier molecular flexibility index (Phi) is 3.90. The average Bonchev–Trinajstić information content (AvgIpc) is 2.53. The number of para-hydroxylation sites is 1. The van der Waals surface area contributed by atoms with Crippen molar-refractivity contribution in [2.45, 2.75) is 25.6 Å². The molecule has 5 nitrogen and oxygen atoms in total. The van der Waals surface area contributed by atoms with Gasteiger partial charge in [0.15, 0.2) is 6.29 Å². The van der Waals surface area contributed by atoms with Gasteiger partial charge in [-0.3, -0.25) is 4.79 Å². The summed E-state index contributed by atoms with van der Waals surface area (Å²) < 4.78 is 5.38. The number of ether oxygens (including phenoxy) is 1. The highest BCUT2D eigenvalue weighted by Crippen LogP contribution is 2.14. The van der Waals surface area contributed by atoms with Crippen LogP contribution in [0.2, 0.25) is 0 Å².